The van der Waals surface area contributed by atoms with Gasteiger partial charge in [-0.2, -0.15) is 5.10 Å². The van der Waals surface area contributed by atoms with E-state index in [2.05, 4.69) is 24.3 Å². The summed E-state index contributed by atoms with van der Waals surface area (Å²) in [5.41, 5.74) is 5.67. The highest BCUT2D eigenvalue weighted by Gasteiger charge is 2.37. The van der Waals surface area contributed by atoms with Crippen LogP contribution in [0.4, 0.5) is 9.18 Å². The maximum Gasteiger partial charge on any atom is 0.410 e. The monoisotopic (exact) mass is 595 g/mol. The number of benzene rings is 3. The third-order valence-corrected chi connectivity index (χ3v) is 8.65. The van der Waals surface area contributed by atoms with Crippen molar-refractivity contribution in [1.82, 2.24) is 14.7 Å². The average molecular weight is 596 g/mol. The SMILES string of the molecule is CC(C)OC(=O)N1CC(c2ccc(-c3cn(-c4ccc(F)cc4)nc3[C@@H]3CCCC[C@H]3C(=O)OCc3ccccc3)cc2)C1. The number of ether oxygens (including phenoxy) is 2. The molecule has 1 aliphatic carbocycles. The topological polar surface area (TPSA) is 73.7 Å². The van der Waals surface area contributed by atoms with Gasteiger partial charge in [-0.25, -0.2) is 13.9 Å². The number of esters is 1. The van der Waals surface area contributed by atoms with Gasteiger partial charge in [0.05, 0.1) is 23.4 Å². The van der Waals surface area contributed by atoms with Crippen LogP contribution in [-0.4, -0.2) is 45.9 Å². The summed E-state index contributed by atoms with van der Waals surface area (Å²) in [4.78, 5) is 27.4. The van der Waals surface area contributed by atoms with Crippen molar-refractivity contribution in [2.75, 3.05) is 13.1 Å². The highest BCUT2D eigenvalue weighted by Crippen LogP contribution is 2.42. The van der Waals surface area contributed by atoms with Crippen molar-refractivity contribution < 1.29 is 23.5 Å². The summed E-state index contributed by atoms with van der Waals surface area (Å²) in [6, 6.07) is 24.4. The van der Waals surface area contributed by atoms with Crippen LogP contribution >= 0.6 is 0 Å². The molecule has 0 spiro atoms. The Morgan fingerprint density at radius 2 is 1.64 bits per heavy atom. The van der Waals surface area contributed by atoms with Gasteiger partial charge in [0.2, 0.25) is 0 Å². The minimum atomic E-state index is -0.308. The first-order valence-corrected chi connectivity index (χ1v) is 15.5. The van der Waals surface area contributed by atoms with Crippen molar-refractivity contribution >= 4 is 12.1 Å². The van der Waals surface area contributed by atoms with Crippen LogP contribution in [0.5, 0.6) is 0 Å². The minimum Gasteiger partial charge on any atom is -0.461 e. The van der Waals surface area contributed by atoms with E-state index in [9.17, 15) is 14.0 Å². The van der Waals surface area contributed by atoms with Crippen molar-refractivity contribution in [3.05, 3.63) is 108 Å². The molecule has 3 aromatic carbocycles. The largest absolute Gasteiger partial charge is 0.461 e. The molecule has 2 aliphatic rings. The van der Waals surface area contributed by atoms with E-state index in [0.29, 0.717) is 13.1 Å². The van der Waals surface area contributed by atoms with Gasteiger partial charge in [0.1, 0.15) is 12.4 Å². The van der Waals surface area contributed by atoms with Crippen molar-refractivity contribution in [3.8, 4) is 16.8 Å². The Morgan fingerprint density at radius 1 is 0.932 bits per heavy atom. The summed E-state index contributed by atoms with van der Waals surface area (Å²) in [5, 5.41) is 5.03. The first-order valence-electron chi connectivity index (χ1n) is 15.5. The number of nitrogens with zero attached hydrogens (tertiary/aromatic N) is 3. The molecule has 1 saturated heterocycles. The number of hydrogen-bond donors (Lipinski definition) is 0. The van der Waals surface area contributed by atoms with E-state index < -0.39 is 0 Å². The molecule has 8 heteroatoms. The smallest absolute Gasteiger partial charge is 0.410 e. The predicted molar refractivity (Wildman–Crippen MR) is 166 cm³/mol. The zero-order chi connectivity index (χ0) is 30.6. The second-order valence-corrected chi connectivity index (χ2v) is 12.1. The number of rotatable bonds is 8. The Labute approximate surface area is 257 Å². The van der Waals surface area contributed by atoms with Crippen LogP contribution in [-0.2, 0) is 20.9 Å². The van der Waals surface area contributed by atoms with Crippen LogP contribution in [0.3, 0.4) is 0 Å². The van der Waals surface area contributed by atoms with Gasteiger partial charge in [0.15, 0.2) is 0 Å². The van der Waals surface area contributed by atoms with Gasteiger partial charge in [0.25, 0.3) is 0 Å². The zero-order valence-corrected chi connectivity index (χ0v) is 25.2. The van der Waals surface area contributed by atoms with Crippen molar-refractivity contribution in [3.63, 3.8) is 0 Å². The molecule has 1 aliphatic heterocycles. The Balaban J connectivity index is 1.26. The highest BCUT2D eigenvalue weighted by atomic mass is 19.1. The van der Waals surface area contributed by atoms with E-state index in [1.54, 1.807) is 21.7 Å². The van der Waals surface area contributed by atoms with Crippen LogP contribution in [0.1, 0.15) is 68.2 Å². The van der Waals surface area contributed by atoms with E-state index in [1.807, 2.05) is 50.4 Å². The second kappa shape index (κ2) is 13.0. The van der Waals surface area contributed by atoms with Gasteiger partial charge < -0.3 is 14.4 Å². The summed E-state index contributed by atoms with van der Waals surface area (Å²) in [6.45, 7) is 5.21. The molecular formula is C36H38FN3O4. The lowest BCUT2D eigenvalue weighted by Gasteiger charge is -2.39. The fourth-order valence-electron chi connectivity index (χ4n) is 6.24. The minimum absolute atomic E-state index is 0.101. The first kappa shape index (κ1) is 29.6. The summed E-state index contributed by atoms with van der Waals surface area (Å²) in [6.07, 6.45) is 5.12. The molecule has 7 nitrogen and oxygen atoms in total. The molecule has 0 radical (unpaired) electrons. The number of carbonyl (C=O) groups excluding carboxylic acids is 2. The van der Waals surface area contributed by atoms with Crippen LogP contribution in [0.2, 0.25) is 0 Å². The van der Waals surface area contributed by atoms with Gasteiger partial charge in [-0.15, -0.1) is 0 Å². The molecule has 0 unspecified atom stereocenters. The van der Waals surface area contributed by atoms with Gasteiger partial charge in [-0.3, -0.25) is 4.79 Å². The van der Waals surface area contributed by atoms with Crippen molar-refractivity contribution in [2.24, 2.45) is 5.92 Å². The number of aromatic nitrogens is 2. The van der Waals surface area contributed by atoms with E-state index in [0.717, 1.165) is 59.3 Å². The molecular weight excluding hydrogens is 557 g/mol. The molecule has 0 bridgehead atoms. The highest BCUT2D eigenvalue weighted by molar-refractivity contribution is 5.75. The quantitative estimate of drug-likeness (QED) is 0.196. The average Bonchev–Trinajstić information content (AvgIpc) is 3.45. The first-order chi connectivity index (χ1) is 21.4. The molecule has 2 heterocycles. The van der Waals surface area contributed by atoms with E-state index >= 15 is 0 Å². The summed E-state index contributed by atoms with van der Waals surface area (Å²) in [7, 11) is 0. The molecule has 6 rings (SSSR count). The van der Waals surface area contributed by atoms with Crippen molar-refractivity contribution in [2.45, 2.75) is 64.1 Å². The summed E-state index contributed by atoms with van der Waals surface area (Å²) < 4.78 is 26.7. The van der Waals surface area contributed by atoms with Crippen LogP contribution < -0.4 is 0 Å². The Bertz CT molecular complexity index is 1580. The van der Waals surface area contributed by atoms with Gasteiger partial charge in [-0.05, 0) is 67.6 Å². The fourth-order valence-corrected chi connectivity index (χ4v) is 6.24. The Kier molecular flexibility index (Phi) is 8.77. The lowest BCUT2D eigenvalue weighted by atomic mass is 9.76. The Hall–Kier alpha value is -4.46. The normalized spacial score (nSPS) is 18.6. The lowest BCUT2D eigenvalue weighted by molar-refractivity contribution is -0.151. The van der Waals surface area contributed by atoms with Crippen LogP contribution in [0.25, 0.3) is 16.8 Å². The molecule has 44 heavy (non-hydrogen) atoms. The summed E-state index contributed by atoms with van der Waals surface area (Å²) in [5.74, 6) is -0.643. The van der Waals surface area contributed by atoms with E-state index in [4.69, 9.17) is 14.6 Å². The number of halogens is 1. The van der Waals surface area contributed by atoms with Crippen LogP contribution in [0.15, 0.2) is 85.1 Å². The Morgan fingerprint density at radius 3 is 2.34 bits per heavy atom. The van der Waals surface area contributed by atoms with E-state index in [1.165, 1.54) is 12.1 Å². The van der Waals surface area contributed by atoms with Crippen LogP contribution in [0, 0.1) is 11.7 Å². The van der Waals surface area contributed by atoms with Gasteiger partial charge >= 0.3 is 12.1 Å². The van der Waals surface area contributed by atoms with Gasteiger partial charge in [0, 0.05) is 36.7 Å². The number of amides is 1. The molecule has 2 atom stereocenters. The van der Waals surface area contributed by atoms with Crippen molar-refractivity contribution in [1.29, 1.82) is 0 Å². The molecule has 228 valence electrons. The fraction of sp³-hybridized carbons (Fsp3) is 0.361. The maximum atomic E-state index is 13.7. The third kappa shape index (κ3) is 6.54. The molecule has 1 saturated carbocycles. The lowest BCUT2D eigenvalue weighted by Crippen LogP contribution is -2.49. The third-order valence-electron chi connectivity index (χ3n) is 8.65. The molecule has 1 amide bonds. The zero-order valence-electron chi connectivity index (χ0n) is 25.2. The molecule has 2 fully saturated rings. The maximum absolute atomic E-state index is 13.7. The molecule has 4 aromatic rings. The predicted octanol–water partition coefficient (Wildman–Crippen LogP) is 7.64. The molecule has 1 aromatic heterocycles. The second-order valence-electron chi connectivity index (χ2n) is 12.1. The van der Waals surface area contributed by atoms with E-state index in [-0.39, 0.29) is 48.3 Å². The number of likely N-dealkylation sites (tertiary alicyclic amines) is 1. The standard InChI is InChI=1S/C36H38FN3O4/c1-24(2)44-36(42)39-20-28(21-39)26-12-14-27(15-13-26)33-22-40(30-18-16-29(37)17-19-30)38-34(33)31-10-6-7-11-32(31)35(41)43-23-25-8-4-3-5-9-25/h3-5,8-9,12-19,22,24,28,31-32H,6-7,10-11,20-21,23H2,1-2H3/t31-,32-/m1/s1. The number of carbonyl (C=O) groups is 2. The van der Waals surface area contributed by atoms with Gasteiger partial charge in [-0.1, -0.05) is 67.4 Å². The number of hydrogen-bond acceptors (Lipinski definition) is 5. The summed E-state index contributed by atoms with van der Waals surface area (Å²) >= 11 is 0. The molecule has 0 N–H and O–H groups in total.